The molecule has 0 radical (unpaired) electrons. The molecule has 1 heterocycles. The van der Waals surface area contributed by atoms with Gasteiger partial charge in [0.2, 0.25) is 0 Å². The van der Waals surface area contributed by atoms with Gasteiger partial charge >= 0.3 is 5.69 Å². The van der Waals surface area contributed by atoms with Crippen molar-refractivity contribution in [3.05, 3.63) is 26.3 Å². The van der Waals surface area contributed by atoms with Crippen molar-refractivity contribution in [2.24, 2.45) is 0 Å². The molecule has 0 aliphatic carbocycles. The van der Waals surface area contributed by atoms with E-state index in [0.29, 0.717) is 25.3 Å². The summed E-state index contributed by atoms with van der Waals surface area (Å²) in [4.78, 5) is 15.7. The molecular weight excluding hydrogens is 334 g/mol. The minimum absolute atomic E-state index is 0.0940. The SMILES string of the molecule is Cc1nc(=O)n(CCNCCS(C)(=O)=O)c(C)c1Br. The third kappa shape index (κ3) is 5.04. The second-order valence-corrected chi connectivity index (χ2v) is 7.46. The van der Waals surface area contributed by atoms with Gasteiger partial charge in [0.05, 0.1) is 15.9 Å². The fourth-order valence-corrected chi connectivity index (χ4v) is 2.43. The number of hydrogen-bond donors (Lipinski definition) is 1. The molecule has 0 saturated carbocycles. The normalized spacial score (nSPS) is 11.8. The van der Waals surface area contributed by atoms with Crippen molar-refractivity contribution in [1.82, 2.24) is 14.9 Å². The molecule has 1 N–H and O–H groups in total. The lowest BCUT2D eigenvalue weighted by molar-refractivity contribution is 0.565. The smallest absolute Gasteiger partial charge is 0.314 e. The van der Waals surface area contributed by atoms with Crippen molar-refractivity contribution < 1.29 is 8.42 Å². The lowest BCUT2D eigenvalue weighted by Gasteiger charge is -2.12. The molecule has 0 saturated heterocycles. The predicted octanol–water partition coefficient (Wildman–Crippen LogP) is 0.257. The van der Waals surface area contributed by atoms with E-state index in [0.717, 1.165) is 10.2 Å². The zero-order valence-corrected chi connectivity index (χ0v) is 13.6. The van der Waals surface area contributed by atoms with Crippen LogP contribution in [0.3, 0.4) is 0 Å². The molecule has 1 rings (SSSR count). The first-order valence-corrected chi connectivity index (χ1v) is 8.69. The molecule has 1 aromatic rings. The van der Waals surface area contributed by atoms with Gasteiger partial charge in [-0.15, -0.1) is 0 Å². The molecule has 8 heteroatoms. The Morgan fingerprint density at radius 1 is 1.32 bits per heavy atom. The van der Waals surface area contributed by atoms with Crippen molar-refractivity contribution in [3.8, 4) is 0 Å². The summed E-state index contributed by atoms with van der Waals surface area (Å²) >= 11 is 3.39. The molecule has 1 aromatic heterocycles. The van der Waals surface area contributed by atoms with Gasteiger partial charge in [0.15, 0.2) is 0 Å². The molecule has 0 amide bonds. The van der Waals surface area contributed by atoms with Gasteiger partial charge in [-0.1, -0.05) is 0 Å². The fraction of sp³-hybridized carbons (Fsp3) is 0.636. The van der Waals surface area contributed by atoms with Crippen LogP contribution in [0.5, 0.6) is 0 Å². The van der Waals surface area contributed by atoms with Crippen LogP contribution in [0, 0.1) is 13.8 Å². The van der Waals surface area contributed by atoms with Crippen LogP contribution in [0.25, 0.3) is 0 Å². The summed E-state index contributed by atoms with van der Waals surface area (Å²) in [6.07, 6.45) is 1.20. The van der Waals surface area contributed by atoms with E-state index in [1.54, 1.807) is 11.5 Å². The Balaban J connectivity index is 2.60. The number of aryl methyl sites for hydroxylation is 1. The molecular formula is C11H18BrN3O3S. The van der Waals surface area contributed by atoms with Gasteiger partial charge in [-0.25, -0.2) is 13.2 Å². The first-order valence-electron chi connectivity index (χ1n) is 5.84. The molecule has 6 nitrogen and oxygen atoms in total. The summed E-state index contributed by atoms with van der Waals surface area (Å²) in [5.41, 5.74) is 1.20. The van der Waals surface area contributed by atoms with Crippen LogP contribution in [0.2, 0.25) is 0 Å². The summed E-state index contributed by atoms with van der Waals surface area (Å²) < 4.78 is 24.3. The number of halogens is 1. The highest BCUT2D eigenvalue weighted by Gasteiger charge is 2.08. The topological polar surface area (TPSA) is 81.1 Å². The third-order valence-corrected chi connectivity index (χ3v) is 4.79. The lowest BCUT2D eigenvalue weighted by Crippen LogP contribution is -2.32. The maximum atomic E-state index is 11.7. The predicted molar refractivity (Wildman–Crippen MR) is 78.3 cm³/mol. The molecule has 0 fully saturated rings. The van der Waals surface area contributed by atoms with Gasteiger partial charge in [0.1, 0.15) is 9.84 Å². The van der Waals surface area contributed by atoms with Gasteiger partial charge in [-0.3, -0.25) is 4.57 Å². The Bertz CT molecular complexity index is 610. The van der Waals surface area contributed by atoms with E-state index in [1.807, 2.05) is 6.92 Å². The molecule has 0 aliphatic rings. The van der Waals surface area contributed by atoms with E-state index < -0.39 is 9.84 Å². The molecule has 0 bridgehead atoms. The molecule has 0 aromatic carbocycles. The van der Waals surface area contributed by atoms with Crippen LogP contribution in [0.15, 0.2) is 9.27 Å². The van der Waals surface area contributed by atoms with E-state index in [-0.39, 0.29) is 11.4 Å². The number of rotatable bonds is 6. The van der Waals surface area contributed by atoms with Gasteiger partial charge < -0.3 is 5.32 Å². The van der Waals surface area contributed by atoms with E-state index in [2.05, 4.69) is 26.2 Å². The number of nitrogens with zero attached hydrogens (tertiary/aromatic N) is 2. The van der Waals surface area contributed by atoms with Crippen LogP contribution in [-0.4, -0.2) is 43.1 Å². The van der Waals surface area contributed by atoms with Crippen molar-refractivity contribution in [3.63, 3.8) is 0 Å². The van der Waals surface area contributed by atoms with E-state index in [1.165, 1.54) is 6.26 Å². The highest BCUT2D eigenvalue weighted by atomic mass is 79.9. The Morgan fingerprint density at radius 2 is 1.95 bits per heavy atom. The van der Waals surface area contributed by atoms with Gasteiger partial charge in [0.25, 0.3) is 0 Å². The zero-order chi connectivity index (χ0) is 14.6. The maximum absolute atomic E-state index is 11.7. The molecule has 0 unspecified atom stereocenters. The minimum Gasteiger partial charge on any atom is -0.314 e. The highest BCUT2D eigenvalue weighted by Crippen LogP contribution is 2.16. The van der Waals surface area contributed by atoms with Crippen molar-refractivity contribution in [2.75, 3.05) is 25.1 Å². The molecule has 0 spiro atoms. The largest absolute Gasteiger partial charge is 0.348 e. The Hall–Kier alpha value is -0.730. The Labute approximate surface area is 121 Å². The second kappa shape index (κ2) is 6.62. The summed E-state index contributed by atoms with van der Waals surface area (Å²) in [5, 5.41) is 3.00. The van der Waals surface area contributed by atoms with Crippen molar-refractivity contribution in [1.29, 1.82) is 0 Å². The molecule has 19 heavy (non-hydrogen) atoms. The third-order valence-electron chi connectivity index (χ3n) is 2.70. The van der Waals surface area contributed by atoms with Crippen LogP contribution < -0.4 is 11.0 Å². The number of sulfone groups is 1. The number of aromatic nitrogens is 2. The highest BCUT2D eigenvalue weighted by molar-refractivity contribution is 9.10. The monoisotopic (exact) mass is 351 g/mol. The van der Waals surface area contributed by atoms with E-state index >= 15 is 0 Å². The first-order chi connectivity index (χ1) is 8.72. The fourth-order valence-electron chi connectivity index (χ4n) is 1.61. The van der Waals surface area contributed by atoms with Crippen LogP contribution in [0.1, 0.15) is 11.4 Å². The Kier molecular flexibility index (Phi) is 5.69. The number of hydrogen-bond acceptors (Lipinski definition) is 5. The van der Waals surface area contributed by atoms with Gasteiger partial charge in [-0.05, 0) is 29.8 Å². The van der Waals surface area contributed by atoms with E-state index in [4.69, 9.17) is 0 Å². The van der Waals surface area contributed by atoms with Gasteiger partial charge in [-0.2, -0.15) is 4.98 Å². The summed E-state index contributed by atoms with van der Waals surface area (Å²) in [5.74, 6) is 0.0940. The molecule has 108 valence electrons. The lowest BCUT2D eigenvalue weighted by atomic mass is 10.3. The van der Waals surface area contributed by atoms with Crippen LogP contribution >= 0.6 is 15.9 Å². The first kappa shape index (κ1) is 16.3. The standard InChI is InChI=1S/C11H18BrN3O3S/c1-8-10(12)9(2)15(11(16)14-8)6-4-13-5-7-19(3,17)18/h13H,4-7H2,1-3H3. The summed E-state index contributed by atoms with van der Waals surface area (Å²) in [7, 11) is -2.95. The number of nitrogens with one attached hydrogen (secondary N) is 1. The summed E-state index contributed by atoms with van der Waals surface area (Å²) in [6, 6.07) is 0. The Morgan fingerprint density at radius 3 is 2.53 bits per heavy atom. The average molecular weight is 352 g/mol. The average Bonchev–Trinajstić information content (AvgIpc) is 2.28. The minimum atomic E-state index is -2.95. The van der Waals surface area contributed by atoms with Crippen LogP contribution in [0.4, 0.5) is 0 Å². The van der Waals surface area contributed by atoms with Crippen LogP contribution in [-0.2, 0) is 16.4 Å². The zero-order valence-electron chi connectivity index (χ0n) is 11.2. The maximum Gasteiger partial charge on any atom is 0.348 e. The van der Waals surface area contributed by atoms with E-state index in [9.17, 15) is 13.2 Å². The molecule has 0 atom stereocenters. The second-order valence-electron chi connectivity index (χ2n) is 4.41. The summed E-state index contributed by atoms with van der Waals surface area (Å²) in [6.45, 7) is 4.98. The quantitative estimate of drug-likeness (QED) is 0.743. The molecule has 0 aliphatic heterocycles. The van der Waals surface area contributed by atoms with Crippen molar-refractivity contribution in [2.45, 2.75) is 20.4 Å². The van der Waals surface area contributed by atoms with Gasteiger partial charge in [0, 0.05) is 31.6 Å². The van der Waals surface area contributed by atoms with Crippen molar-refractivity contribution >= 4 is 25.8 Å².